The minimum atomic E-state index is -5.02. The number of rotatable bonds is 10. The van der Waals surface area contributed by atoms with Gasteiger partial charge >= 0.3 is 18.5 Å². The first-order valence-corrected chi connectivity index (χ1v) is 22.2. The number of fused-ring (bicyclic) bond motifs is 2. The Hall–Kier alpha value is -6.18. The number of hydrogen-bond acceptors (Lipinski definition) is 6. The monoisotopic (exact) mass is 988 g/mol. The molecule has 4 heterocycles. The van der Waals surface area contributed by atoms with Crippen LogP contribution in [0.2, 0.25) is 5.02 Å². The van der Waals surface area contributed by atoms with Gasteiger partial charge in [-0.15, -0.1) is 0 Å². The number of amides is 2. The van der Waals surface area contributed by atoms with E-state index >= 15 is 0 Å². The predicted molar refractivity (Wildman–Crippen MR) is 241 cm³/mol. The zero-order valence-electron chi connectivity index (χ0n) is 37.2. The molecule has 0 spiro atoms. The van der Waals surface area contributed by atoms with Crippen molar-refractivity contribution >= 4 is 56.8 Å². The first-order valence-electron chi connectivity index (χ1n) is 21.8. The zero-order valence-corrected chi connectivity index (χ0v) is 37.9. The Kier molecular flexibility index (Phi) is 15.0. The lowest BCUT2D eigenvalue weighted by Gasteiger charge is -2.41. The Morgan fingerprint density at radius 2 is 0.986 bits per heavy atom. The molecule has 10 nitrogen and oxygen atoms in total. The number of H-pyrrole nitrogens is 2. The summed E-state index contributed by atoms with van der Waals surface area (Å²) in [4.78, 5) is 63.1. The number of aromatic nitrogens is 2. The highest BCUT2D eigenvalue weighted by Gasteiger charge is 2.42. The molecule has 366 valence electrons. The highest BCUT2D eigenvalue weighted by molar-refractivity contribution is 6.33. The molecule has 2 amide bonds. The Morgan fingerprint density at radius 1 is 0.565 bits per heavy atom. The number of aromatic amines is 2. The molecule has 6 aromatic rings. The van der Waals surface area contributed by atoms with Crippen LogP contribution in [0.25, 0.3) is 21.8 Å². The number of ketones is 2. The number of carbonyl (C=O) groups is 4. The number of nitrogens with zero attached hydrogens (tertiary/aromatic N) is 4. The summed E-state index contributed by atoms with van der Waals surface area (Å²) in [5.41, 5.74) is -1.29. The molecule has 2 atom stereocenters. The van der Waals surface area contributed by atoms with E-state index in [1.165, 1.54) is 18.7 Å². The standard InChI is InChI=1S/C25H23F6N3O2.C24H23ClF3N3O2/c1-15(35)13-33-8-9-34(18(14-33)10-16-12-32-22-5-3-2-4-19(16)22)23(36)20-11-17(24(26,27)28)6-7-21(20)25(29,30)31;1-15(32)13-30-8-9-31(23(33)20-11-17(24(26,27)28)6-7-21(20)25)18(14-30)10-16-12-29-22-5-3-2-4-19(16)22/h2-7,11-12,18,32H,8-10,13-14H2,1H3;2-7,11-12,18,29H,8-10,13-14H2,1H3/t2*18-/m11/s1. The largest absolute Gasteiger partial charge is 0.417 e. The maximum atomic E-state index is 13.7. The second-order valence-electron chi connectivity index (χ2n) is 17.3. The topological polar surface area (TPSA) is 113 Å². The molecule has 2 N–H and O–H groups in total. The Bertz CT molecular complexity index is 2860. The number of alkyl halides is 9. The smallest absolute Gasteiger partial charge is 0.361 e. The fourth-order valence-corrected chi connectivity index (χ4v) is 9.27. The van der Waals surface area contributed by atoms with Crippen molar-refractivity contribution in [2.24, 2.45) is 0 Å². The molecule has 0 bridgehead atoms. The van der Waals surface area contributed by atoms with Crippen LogP contribution in [0.15, 0.2) is 97.3 Å². The van der Waals surface area contributed by atoms with E-state index in [0.29, 0.717) is 31.6 Å². The van der Waals surface area contributed by atoms with Crippen molar-refractivity contribution in [1.29, 1.82) is 0 Å². The second-order valence-corrected chi connectivity index (χ2v) is 17.7. The summed E-state index contributed by atoms with van der Waals surface area (Å²) < 4.78 is 121. The summed E-state index contributed by atoms with van der Waals surface area (Å²) >= 11 is 6.15. The van der Waals surface area contributed by atoms with Crippen LogP contribution in [0.1, 0.15) is 62.4 Å². The zero-order chi connectivity index (χ0) is 50.0. The van der Waals surface area contributed by atoms with Crippen LogP contribution < -0.4 is 0 Å². The highest BCUT2D eigenvalue weighted by Crippen LogP contribution is 2.38. The SMILES string of the molecule is CC(=O)CN1CCN(C(=O)c2cc(C(F)(F)F)ccc2C(F)(F)F)[C@H](Cc2c[nH]c3ccccc23)C1.CC(=O)CN1CCN(C(=O)c2cc(C(F)(F)F)ccc2Cl)[C@H](Cc2c[nH]c3ccccc23)C1. The van der Waals surface area contributed by atoms with Crippen LogP contribution in [0.4, 0.5) is 39.5 Å². The lowest BCUT2D eigenvalue weighted by atomic mass is 9.97. The van der Waals surface area contributed by atoms with E-state index in [1.807, 2.05) is 59.6 Å². The predicted octanol–water partition coefficient (Wildman–Crippen LogP) is 9.96. The van der Waals surface area contributed by atoms with Gasteiger partial charge < -0.3 is 19.8 Å². The second kappa shape index (κ2) is 20.4. The fourth-order valence-electron chi connectivity index (χ4n) is 9.07. The van der Waals surface area contributed by atoms with Crippen LogP contribution in [-0.2, 0) is 41.0 Å². The molecule has 69 heavy (non-hydrogen) atoms. The van der Waals surface area contributed by atoms with E-state index in [2.05, 4.69) is 9.97 Å². The fraction of sp³-hybridized carbons (Fsp3) is 0.347. The van der Waals surface area contributed by atoms with Crippen LogP contribution in [0, 0.1) is 0 Å². The van der Waals surface area contributed by atoms with Crippen molar-refractivity contribution in [1.82, 2.24) is 29.6 Å². The van der Waals surface area contributed by atoms with E-state index in [0.717, 1.165) is 51.1 Å². The normalized spacial score (nSPS) is 17.5. The molecule has 0 unspecified atom stereocenters. The lowest BCUT2D eigenvalue weighted by molar-refractivity contribution is -0.141. The minimum Gasteiger partial charge on any atom is -0.361 e. The lowest BCUT2D eigenvalue weighted by Crippen LogP contribution is -2.56. The molecule has 0 aliphatic carbocycles. The van der Waals surface area contributed by atoms with Gasteiger partial charge in [-0.1, -0.05) is 48.0 Å². The van der Waals surface area contributed by atoms with Gasteiger partial charge in [-0.25, -0.2) is 0 Å². The van der Waals surface area contributed by atoms with Gasteiger partial charge in [-0.2, -0.15) is 39.5 Å². The van der Waals surface area contributed by atoms with Crippen LogP contribution in [-0.4, -0.2) is 117 Å². The van der Waals surface area contributed by atoms with Crippen molar-refractivity contribution in [2.75, 3.05) is 52.4 Å². The van der Waals surface area contributed by atoms with Crippen LogP contribution in [0.5, 0.6) is 0 Å². The summed E-state index contributed by atoms with van der Waals surface area (Å²) in [5, 5.41) is 1.86. The maximum Gasteiger partial charge on any atom is 0.417 e. The number of halogens is 10. The van der Waals surface area contributed by atoms with Gasteiger partial charge in [0.15, 0.2) is 0 Å². The van der Waals surface area contributed by atoms with E-state index in [-0.39, 0.29) is 80.0 Å². The number of hydrogen-bond donors (Lipinski definition) is 2. The van der Waals surface area contributed by atoms with Crippen LogP contribution >= 0.6 is 11.6 Å². The Labute approximate surface area is 395 Å². The van der Waals surface area contributed by atoms with Gasteiger partial charge in [0.05, 0.1) is 45.9 Å². The summed E-state index contributed by atoms with van der Waals surface area (Å²) in [6, 6.07) is 17.8. The van der Waals surface area contributed by atoms with Crippen molar-refractivity contribution in [3.8, 4) is 0 Å². The summed E-state index contributed by atoms with van der Waals surface area (Å²) in [6.45, 7) is 4.80. The van der Waals surface area contributed by atoms with E-state index in [4.69, 9.17) is 11.6 Å². The molecule has 4 aromatic carbocycles. The number of nitrogens with one attached hydrogen (secondary N) is 2. The first-order chi connectivity index (χ1) is 32.5. The quantitative estimate of drug-likeness (QED) is 0.132. The number of benzene rings is 4. The molecule has 2 fully saturated rings. The molecular weight excluding hydrogens is 943 g/mol. The van der Waals surface area contributed by atoms with E-state index < -0.39 is 58.6 Å². The molecule has 2 aliphatic rings. The third-order valence-corrected chi connectivity index (χ3v) is 12.5. The van der Waals surface area contributed by atoms with Gasteiger partial charge in [0.2, 0.25) is 0 Å². The molecular formula is C49H46ClF9N6O4. The van der Waals surface area contributed by atoms with Crippen molar-refractivity contribution in [3.05, 3.63) is 141 Å². The number of Topliss-reactive ketones (excluding diaryl/α,β-unsaturated/α-hetero) is 2. The molecule has 2 saturated heterocycles. The van der Waals surface area contributed by atoms with Gasteiger partial charge in [0, 0.05) is 85.6 Å². The van der Waals surface area contributed by atoms with Gasteiger partial charge in [-0.3, -0.25) is 29.0 Å². The molecule has 20 heteroatoms. The average molecular weight is 989 g/mol. The summed E-state index contributed by atoms with van der Waals surface area (Å²) in [7, 11) is 0. The highest BCUT2D eigenvalue weighted by atomic mass is 35.5. The molecule has 8 rings (SSSR count). The third-order valence-electron chi connectivity index (χ3n) is 12.2. The molecule has 0 radical (unpaired) electrons. The molecule has 2 aliphatic heterocycles. The summed E-state index contributed by atoms with van der Waals surface area (Å²) in [6.07, 6.45) is -10.2. The summed E-state index contributed by atoms with van der Waals surface area (Å²) in [5.74, 6) is -1.77. The Balaban J connectivity index is 0.000000205. The van der Waals surface area contributed by atoms with Gasteiger partial charge in [0.25, 0.3) is 11.8 Å². The Morgan fingerprint density at radius 3 is 1.42 bits per heavy atom. The van der Waals surface area contributed by atoms with Crippen LogP contribution in [0.3, 0.4) is 0 Å². The van der Waals surface area contributed by atoms with E-state index in [9.17, 15) is 58.7 Å². The third kappa shape index (κ3) is 12.0. The minimum absolute atomic E-state index is 0.0153. The van der Waals surface area contributed by atoms with Gasteiger partial charge in [-0.05, 0) is 86.3 Å². The average Bonchev–Trinajstić information content (AvgIpc) is 3.88. The van der Waals surface area contributed by atoms with Gasteiger partial charge in [0.1, 0.15) is 11.6 Å². The number of para-hydroxylation sites is 2. The number of piperazine rings is 2. The van der Waals surface area contributed by atoms with Crippen molar-refractivity contribution in [2.45, 2.75) is 57.3 Å². The molecule has 0 saturated carbocycles. The van der Waals surface area contributed by atoms with Crippen molar-refractivity contribution in [3.63, 3.8) is 0 Å². The van der Waals surface area contributed by atoms with E-state index in [1.54, 1.807) is 16.0 Å². The van der Waals surface area contributed by atoms with Crippen molar-refractivity contribution < 1.29 is 58.7 Å². The first kappa shape index (κ1) is 50.7. The maximum absolute atomic E-state index is 13.7. The molecule has 2 aromatic heterocycles. The number of carbonyl (C=O) groups excluding carboxylic acids is 4.